The molecule has 116 valence electrons. The molecule has 0 aliphatic carbocycles. The van der Waals surface area contributed by atoms with Gasteiger partial charge in [0.25, 0.3) is 5.91 Å². The van der Waals surface area contributed by atoms with Gasteiger partial charge in [-0.05, 0) is 30.9 Å². The molecule has 1 aromatic carbocycles. The second-order valence-corrected chi connectivity index (χ2v) is 5.59. The van der Waals surface area contributed by atoms with Crippen LogP contribution >= 0.6 is 0 Å². The van der Waals surface area contributed by atoms with Gasteiger partial charge in [0.05, 0.1) is 6.33 Å². The number of nitrogens with zero attached hydrogens (tertiary/aromatic N) is 3. The molecular weight excluding hydrogens is 288 g/mol. The summed E-state index contributed by atoms with van der Waals surface area (Å²) in [4.78, 5) is 17.8. The topological polar surface area (TPSA) is 38.1 Å². The highest BCUT2D eigenvalue weighted by Crippen LogP contribution is 2.22. The van der Waals surface area contributed by atoms with Crippen molar-refractivity contribution in [2.24, 2.45) is 5.92 Å². The van der Waals surface area contributed by atoms with Crippen LogP contribution in [0.25, 0.3) is 0 Å². The molecule has 0 unspecified atom stereocenters. The molecule has 1 fully saturated rings. The Morgan fingerprint density at radius 2 is 1.91 bits per heavy atom. The molecule has 4 nitrogen and oxygen atoms in total. The monoisotopic (exact) mass is 305 g/mol. The van der Waals surface area contributed by atoms with Gasteiger partial charge in [-0.1, -0.05) is 6.07 Å². The van der Waals surface area contributed by atoms with E-state index in [-0.39, 0.29) is 0 Å². The van der Waals surface area contributed by atoms with E-state index in [2.05, 4.69) is 4.98 Å². The number of carbonyl (C=O) groups excluding carboxylic acids is 1. The Hall–Kier alpha value is -2.24. The molecule has 2 heterocycles. The maximum absolute atomic E-state index is 13.7. The second-order valence-electron chi connectivity index (χ2n) is 5.59. The number of benzene rings is 1. The first-order valence-corrected chi connectivity index (χ1v) is 7.34. The number of halogens is 2. The minimum atomic E-state index is -0.800. The van der Waals surface area contributed by atoms with E-state index in [0.29, 0.717) is 19.0 Å². The van der Waals surface area contributed by atoms with Crippen LogP contribution in [0, 0.1) is 17.6 Å². The Kier molecular flexibility index (Phi) is 4.18. The third-order valence-corrected chi connectivity index (χ3v) is 4.11. The van der Waals surface area contributed by atoms with Crippen LogP contribution in [0.5, 0.6) is 0 Å². The van der Waals surface area contributed by atoms with Gasteiger partial charge < -0.3 is 9.47 Å². The molecule has 1 amide bonds. The highest BCUT2D eigenvalue weighted by molar-refractivity contribution is 5.94. The zero-order chi connectivity index (χ0) is 15.5. The van der Waals surface area contributed by atoms with E-state index in [1.165, 1.54) is 11.0 Å². The fourth-order valence-electron chi connectivity index (χ4n) is 2.87. The van der Waals surface area contributed by atoms with Gasteiger partial charge in [0, 0.05) is 32.0 Å². The fourth-order valence-corrected chi connectivity index (χ4v) is 2.87. The number of rotatable bonds is 3. The first-order chi connectivity index (χ1) is 10.6. The van der Waals surface area contributed by atoms with Gasteiger partial charge in [0.2, 0.25) is 0 Å². The SMILES string of the molecule is O=C(c1c(F)cccc1F)N1CCC(Cn2ccnc2)CC1. The number of amides is 1. The minimum Gasteiger partial charge on any atom is -0.338 e. The van der Waals surface area contributed by atoms with Crippen LogP contribution in [0.1, 0.15) is 23.2 Å². The quantitative estimate of drug-likeness (QED) is 0.874. The molecule has 0 saturated carbocycles. The van der Waals surface area contributed by atoms with Crippen molar-refractivity contribution in [3.8, 4) is 0 Å². The summed E-state index contributed by atoms with van der Waals surface area (Å²) in [6, 6.07) is 3.49. The third kappa shape index (κ3) is 3.00. The van der Waals surface area contributed by atoms with Crippen LogP contribution in [-0.4, -0.2) is 33.4 Å². The molecule has 1 saturated heterocycles. The molecule has 0 bridgehead atoms. The van der Waals surface area contributed by atoms with Gasteiger partial charge in [-0.25, -0.2) is 13.8 Å². The molecule has 1 aliphatic rings. The summed E-state index contributed by atoms with van der Waals surface area (Å²) in [6.45, 7) is 1.90. The molecule has 1 aromatic heterocycles. The van der Waals surface area contributed by atoms with Crippen molar-refractivity contribution in [1.29, 1.82) is 0 Å². The first kappa shape index (κ1) is 14.7. The lowest BCUT2D eigenvalue weighted by atomic mass is 9.96. The molecule has 2 aromatic rings. The normalized spacial score (nSPS) is 16.0. The summed E-state index contributed by atoms with van der Waals surface area (Å²) in [6.07, 6.45) is 7.05. The summed E-state index contributed by atoms with van der Waals surface area (Å²) in [5.41, 5.74) is -0.449. The minimum absolute atomic E-state index is 0.448. The second kappa shape index (κ2) is 6.25. The van der Waals surface area contributed by atoms with Crippen LogP contribution in [0.4, 0.5) is 8.78 Å². The molecule has 6 heteroatoms. The van der Waals surface area contributed by atoms with Crippen molar-refractivity contribution in [2.75, 3.05) is 13.1 Å². The number of likely N-dealkylation sites (tertiary alicyclic amines) is 1. The number of hydrogen-bond acceptors (Lipinski definition) is 2. The van der Waals surface area contributed by atoms with E-state index in [0.717, 1.165) is 31.5 Å². The Morgan fingerprint density at radius 1 is 1.23 bits per heavy atom. The van der Waals surface area contributed by atoms with Crippen molar-refractivity contribution in [3.63, 3.8) is 0 Å². The Labute approximate surface area is 127 Å². The summed E-state index contributed by atoms with van der Waals surface area (Å²) in [5, 5.41) is 0. The molecule has 0 radical (unpaired) electrons. The van der Waals surface area contributed by atoms with Crippen LogP contribution in [0.15, 0.2) is 36.9 Å². The highest BCUT2D eigenvalue weighted by Gasteiger charge is 2.27. The Balaban J connectivity index is 1.62. The predicted octanol–water partition coefficient (Wildman–Crippen LogP) is 2.71. The van der Waals surface area contributed by atoms with Crippen LogP contribution in [0.2, 0.25) is 0 Å². The van der Waals surface area contributed by atoms with Gasteiger partial charge in [-0.2, -0.15) is 0 Å². The summed E-state index contributed by atoms with van der Waals surface area (Å²) < 4.78 is 29.4. The van der Waals surface area contributed by atoms with Crippen LogP contribution < -0.4 is 0 Å². The predicted molar refractivity (Wildman–Crippen MR) is 77.2 cm³/mol. The van der Waals surface area contributed by atoms with E-state index in [9.17, 15) is 13.6 Å². The molecule has 3 rings (SSSR count). The highest BCUT2D eigenvalue weighted by atomic mass is 19.1. The maximum Gasteiger partial charge on any atom is 0.259 e. The summed E-state index contributed by atoms with van der Waals surface area (Å²) in [7, 11) is 0. The number of piperidine rings is 1. The smallest absolute Gasteiger partial charge is 0.259 e. The zero-order valence-electron chi connectivity index (χ0n) is 12.1. The number of aromatic nitrogens is 2. The van der Waals surface area contributed by atoms with Gasteiger partial charge in [-0.3, -0.25) is 4.79 Å². The molecule has 0 atom stereocenters. The van der Waals surface area contributed by atoms with Crippen LogP contribution in [-0.2, 0) is 6.54 Å². The third-order valence-electron chi connectivity index (χ3n) is 4.11. The van der Waals surface area contributed by atoms with E-state index < -0.39 is 23.1 Å². The number of carbonyl (C=O) groups is 1. The average Bonchev–Trinajstić information content (AvgIpc) is 3.00. The van der Waals surface area contributed by atoms with Crippen molar-refractivity contribution < 1.29 is 13.6 Å². The van der Waals surface area contributed by atoms with Crippen molar-refractivity contribution in [1.82, 2.24) is 14.5 Å². The van der Waals surface area contributed by atoms with Crippen molar-refractivity contribution >= 4 is 5.91 Å². The van der Waals surface area contributed by atoms with Crippen molar-refractivity contribution in [3.05, 3.63) is 54.1 Å². The summed E-state index contributed by atoms with van der Waals surface area (Å²) >= 11 is 0. The van der Waals surface area contributed by atoms with Gasteiger partial charge in [-0.15, -0.1) is 0 Å². The number of imidazole rings is 1. The van der Waals surface area contributed by atoms with Gasteiger partial charge in [0.1, 0.15) is 17.2 Å². The average molecular weight is 305 g/mol. The van der Waals surface area contributed by atoms with Gasteiger partial charge in [0.15, 0.2) is 0 Å². The fraction of sp³-hybridized carbons (Fsp3) is 0.375. The molecular formula is C16H17F2N3O. The Bertz CT molecular complexity index is 629. The number of hydrogen-bond donors (Lipinski definition) is 0. The van der Waals surface area contributed by atoms with E-state index in [1.54, 1.807) is 12.5 Å². The zero-order valence-corrected chi connectivity index (χ0v) is 12.1. The lowest BCUT2D eigenvalue weighted by Gasteiger charge is -2.32. The largest absolute Gasteiger partial charge is 0.338 e. The van der Waals surface area contributed by atoms with Crippen LogP contribution in [0.3, 0.4) is 0 Å². The van der Waals surface area contributed by atoms with E-state index in [1.807, 2.05) is 10.8 Å². The molecule has 0 spiro atoms. The lowest BCUT2D eigenvalue weighted by Crippen LogP contribution is -2.40. The maximum atomic E-state index is 13.7. The first-order valence-electron chi connectivity index (χ1n) is 7.34. The van der Waals surface area contributed by atoms with Crippen molar-refractivity contribution in [2.45, 2.75) is 19.4 Å². The van der Waals surface area contributed by atoms with Gasteiger partial charge >= 0.3 is 0 Å². The van der Waals surface area contributed by atoms with E-state index >= 15 is 0 Å². The molecule has 0 N–H and O–H groups in total. The lowest BCUT2D eigenvalue weighted by molar-refractivity contribution is 0.0673. The molecule has 1 aliphatic heterocycles. The van der Waals surface area contributed by atoms with E-state index in [4.69, 9.17) is 0 Å². The molecule has 22 heavy (non-hydrogen) atoms. The Morgan fingerprint density at radius 3 is 2.50 bits per heavy atom. The summed E-state index contributed by atoms with van der Waals surface area (Å²) in [5.74, 6) is -1.71. The standard InChI is InChI=1S/C16H17F2N3O/c17-13-2-1-3-14(18)15(13)16(22)21-7-4-12(5-8-21)10-20-9-6-19-11-20/h1-3,6,9,11-12H,4-5,7-8,10H2.